The van der Waals surface area contributed by atoms with Gasteiger partial charge in [0.25, 0.3) is 5.56 Å². The molecule has 194 valence electrons. The number of rotatable bonds is 7. The summed E-state index contributed by atoms with van der Waals surface area (Å²) in [5, 5.41) is 4.92. The third-order valence-corrected chi connectivity index (χ3v) is 6.42. The Hall–Kier alpha value is -5.04. The van der Waals surface area contributed by atoms with Crippen molar-refractivity contribution >= 4 is 39.1 Å². The van der Waals surface area contributed by atoms with Crippen molar-refractivity contribution in [3.63, 3.8) is 0 Å². The van der Waals surface area contributed by atoms with Crippen LogP contribution in [0.15, 0.2) is 108 Å². The molecular formula is C32H30N6O. The van der Waals surface area contributed by atoms with Crippen LogP contribution in [0, 0.1) is 0 Å². The molecule has 0 radical (unpaired) electrons. The van der Waals surface area contributed by atoms with Crippen LogP contribution in [0.2, 0.25) is 0 Å². The fourth-order valence-corrected chi connectivity index (χ4v) is 4.81. The Morgan fingerprint density at radius 3 is 2.62 bits per heavy atom. The summed E-state index contributed by atoms with van der Waals surface area (Å²) >= 11 is 0. The molecule has 5 aromatic rings. The van der Waals surface area contributed by atoms with E-state index in [9.17, 15) is 4.79 Å². The van der Waals surface area contributed by atoms with Gasteiger partial charge in [-0.25, -0.2) is 4.98 Å². The van der Waals surface area contributed by atoms with Crippen molar-refractivity contribution in [2.45, 2.75) is 26.8 Å². The molecule has 5 rings (SSSR count). The maximum Gasteiger partial charge on any atom is 0.263 e. The Bertz CT molecular complexity index is 1820. The molecule has 2 aromatic carbocycles. The number of hydrogen-bond acceptors (Lipinski definition) is 6. The Morgan fingerprint density at radius 2 is 1.87 bits per heavy atom. The lowest BCUT2D eigenvalue weighted by atomic mass is 9.96. The van der Waals surface area contributed by atoms with Crippen molar-refractivity contribution in [1.82, 2.24) is 19.5 Å². The van der Waals surface area contributed by atoms with Gasteiger partial charge in [-0.1, -0.05) is 66.8 Å². The predicted octanol–water partition coefficient (Wildman–Crippen LogP) is 6.62. The molecule has 1 unspecified atom stereocenters. The van der Waals surface area contributed by atoms with E-state index in [4.69, 9.17) is 5.73 Å². The van der Waals surface area contributed by atoms with E-state index in [1.807, 2.05) is 93.6 Å². The van der Waals surface area contributed by atoms with E-state index in [1.165, 1.54) is 0 Å². The van der Waals surface area contributed by atoms with Gasteiger partial charge in [-0.15, -0.1) is 0 Å². The molecule has 3 N–H and O–H groups in total. The Kier molecular flexibility index (Phi) is 7.06. The number of hydrogen-bond donors (Lipinski definition) is 2. The van der Waals surface area contributed by atoms with Gasteiger partial charge >= 0.3 is 0 Å². The molecule has 0 bridgehead atoms. The van der Waals surface area contributed by atoms with Crippen molar-refractivity contribution < 1.29 is 0 Å². The van der Waals surface area contributed by atoms with Crippen molar-refractivity contribution in [1.29, 1.82) is 0 Å². The normalized spacial score (nSPS) is 12.7. The minimum Gasteiger partial charge on any atom is -0.368 e. The SMILES string of the molecule is C=C(C)C=C(C=CC)c1cccc2cc(C(C)Nc3nc(N)nc4cccnc34)n(-c3ccccc3)c(=O)c12. The first-order valence-corrected chi connectivity index (χ1v) is 12.8. The number of benzene rings is 2. The minimum atomic E-state index is -0.327. The van der Waals surface area contributed by atoms with Gasteiger partial charge in [0, 0.05) is 17.6 Å². The van der Waals surface area contributed by atoms with Crippen molar-refractivity contribution in [2.75, 3.05) is 11.1 Å². The van der Waals surface area contributed by atoms with Crippen LogP contribution in [-0.2, 0) is 0 Å². The summed E-state index contributed by atoms with van der Waals surface area (Å²) in [5.41, 5.74) is 11.4. The van der Waals surface area contributed by atoms with E-state index in [2.05, 4.69) is 32.9 Å². The quantitative estimate of drug-likeness (QED) is 0.237. The van der Waals surface area contributed by atoms with Gasteiger partial charge in [0.15, 0.2) is 5.82 Å². The fraction of sp³-hybridized carbons (Fsp3) is 0.125. The maximum atomic E-state index is 14.4. The number of nitrogens with one attached hydrogen (secondary N) is 1. The molecule has 0 amide bonds. The molecule has 0 saturated carbocycles. The van der Waals surface area contributed by atoms with E-state index in [0.29, 0.717) is 22.2 Å². The van der Waals surface area contributed by atoms with Crippen LogP contribution >= 0.6 is 0 Å². The van der Waals surface area contributed by atoms with E-state index in [-0.39, 0.29) is 17.5 Å². The molecule has 0 fully saturated rings. The first-order chi connectivity index (χ1) is 18.9. The molecule has 0 saturated heterocycles. The number of aromatic nitrogens is 4. The van der Waals surface area contributed by atoms with E-state index in [0.717, 1.165) is 33.5 Å². The third-order valence-electron chi connectivity index (χ3n) is 6.42. The van der Waals surface area contributed by atoms with E-state index < -0.39 is 0 Å². The number of anilines is 2. The van der Waals surface area contributed by atoms with Crippen molar-refractivity contribution in [3.05, 3.63) is 125 Å². The predicted molar refractivity (Wildman–Crippen MR) is 161 cm³/mol. The number of allylic oxidation sites excluding steroid dienone is 5. The summed E-state index contributed by atoms with van der Waals surface area (Å²) < 4.78 is 1.76. The molecule has 3 aromatic heterocycles. The number of nitrogen functional groups attached to an aromatic ring is 1. The van der Waals surface area contributed by atoms with Crippen LogP contribution in [-0.4, -0.2) is 19.5 Å². The minimum absolute atomic E-state index is 0.111. The van der Waals surface area contributed by atoms with Gasteiger partial charge in [0.1, 0.15) is 5.52 Å². The highest BCUT2D eigenvalue weighted by atomic mass is 16.1. The van der Waals surface area contributed by atoms with Crippen LogP contribution in [0.1, 0.15) is 38.1 Å². The highest BCUT2D eigenvalue weighted by molar-refractivity contribution is 5.96. The maximum absolute atomic E-state index is 14.4. The second-order valence-corrected chi connectivity index (χ2v) is 9.43. The lowest BCUT2D eigenvalue weighted by Gasteiger charge is -2.22. The zero-order valence-electron chi connectivity index (χ0n) is 22.2. The van der Waals surface area contributed by atoms with Crippen LogP contribution in [0.5, 0.6) is 0 Å². The molecule has 3 heterocycles. The average molecular weight is 515 g/mol. The zero-order valence-corrected chi connectivity index (χ0v) is 22.2. The Balaban J connectivity index is 1.75. The summed E-state index contributed by atoms with van der Waals surface area (Å²) in [7, 11) is 0. The number of fused-ring (bicyclic) bond motifs is 2. The first kappa shape index (κ1) is 25.6. The van der Waals surface area contributed by atoms with Crippen molar-refractivity contribution in [3.8, 4) is 5.69 Å². The standard InChI is InChI=1S/C32H30N6O/c1-5-11-22(18-20(2)3)25-15-9-12-23-19-27(38(31(39)28(23)25)24-13-7-6-8-14-24)21(4)35-30-29-26(16-10-17-34-29)36-32(33)37-30/h5-19,21H,2H2,1,3-4H3,(H3,33,35,36,37). The molecule has 1 atom stereocenters. The largest absolute Gasteiger partial charge is 0.368 e. The summed E-state index contributed by atoms with van der Waals surface area (Å²) in [6.07, 6.45) is 7.66. The second-order valence-electron chi connectivity index (χ2n) is 9.43. The summed E-state index contributed by atoms with van der Waals surface area (Å²) in [6.45, 7) is 9.95. The number of para-hydroxylation sites is 1. The highest BCUT2D eigenvalue weighted by Gasteiger charge is 2.20. The monoisotopic (exact) mass is 514 g/mol. The van der Waals surface area contributed by atoms with Crippen LogP contribution < -0.4 is 16.6 Å². The van der Waals surface area contributed by atoms with E-state index in [1.54, 1.807) is 16.8 Å². The van der Waals surface area contributed by atoms with Gasteiger partial charge in [-0.3, -0.25) is 14.3 Å². The first-order valence-electron chi connectivity index (χ1n) is 12.8. The van der Waals surface area contributed by atoms with Crippen LogP contribution in [0.4, 0.5) is 11.8 Å². The topological polar surface area (TPSA) is 98.7 Å². The molecule has 0 spiro atoms. The van der Waals surface area contributed by atoms with Crippen LogP contribution in [0.25, 0.3) is 33.1 Å². The number of nitrogens with zero attached hydrogens (tertiary/aromatic N) is 4. The molecule has 0 aliphatic heterocycles. The number of nitrogens with two attached hydrogens (primary N) is 1. The van der Waals surface area contributed by atoms with Gasteiger partial charge in [0.05, 0.1) is 16.9 Å². The Labute approximate surface area is 227 Å². The smallest absolute Gasteiger partial charge is 0.263 e. The summed E-state index contributed by atoms with van der Waals surface area (Å²) in [4.78, 5) is 27.6. The van der Waals surface area contributed by atoms with Gasteiger partial charge in [-0.2, -0.15) is 4.98 Å². The molecule has 0 aliphatic rings. The second kappa shape index (κ2) is 10.8. The van der Waals surface area contributed by atoms with Crippen LogP contribution in [0.3, 0.4) is 0 Å². The summed E-state index contributed by atoms with van der Waals surface area (Å²) in [5.74, 6) is 0.654. The Morgan fingerprint density at radius 1 is 1.08 bits per heavy atom. The van der Waals surface area contributed by atoms with Gasteiger partial charge in [-0.05, 0) is 67.6 Å². The molecule has 0 aliphatic carbocycles. The molecular weight excluding hydrogens is 484 g/mol. The average Bonchev–Trinajstić information content (AvgIpc) is 2.92. The van der Waals surface area contributed by atoms with Crippen molar-refractivity contribution in [2.24, 2.45) is 0 Å². The van der Waals surface area contributed by atoms with Gasteiger partial charge < -0.3 is 11.1 Å². The number of pyridine rings is 2. The fourth-order valence-electron chi connectivity index (χ4n) is 4.81. The lowest BCUT2D eigenvalue weighted by molar-refractivity contribution is 0.774. The summed E-state index contributed by atoms with van der Waals surface area (Å²) in [6, 6.07) is 21.0. The highest BCUT2D eigenvalue weighted by Crippen LogP contribution is 2.30. The molecule has 7 nitrogen and oxygen atoms in total. The third kappa shape index (κ3) is 5.07. The van der Waals surface area contributed by atoms with Gasteiger partial charge in [0.2, 0.25) is 5.95 Å². The lowest BCUT2D eigenvalue weighted by Crippen LogP contribution is -2.26. The molecule has 7 heteroatoms. The zero-order chi connectivity index (χ0) is 27.5. The molecule has 39 heavy (non-hydrogen) atoms. The van der Waals surface area contributed by atoms with E-state index >= 15 is 0 Å².